The van der Waals surface area contributed by atoms with Gasteiger partial charge in [0.05, 0.1) is 6.07 Å². The molecule has 11 heavy (non-hydrogen) atoms. The zero-order chi connectivity index (χ0) is 7.84. The second kappa shape index (κ2) is 2.52. The summed E-state index contributed by atoms with van der Waals surface area (Å²) in [6.07, 6.45) is 5.58. The highest BCUT2D eigenvalue weighted by Gasteiger charge is 2.41. The molecule has 2 rings (SSSR count). The maximum Gasteiger partial charge on any atom is 0.0655 e. The molecule has 1 nitrogen and oxygen atoms in total. The van der Waals surface area contributed by atoms with Crippen LogP contribution in [0.15, 0.2) is 0 Å². The molecular formula is C10H15N. The van der Waals surface area contributed by atoms with Gasteiger partial charge in [0.15, 0.2) is 0 Å². The highest BCUT2D eigenvalue weighted by Crippen LogP contribution is 2.51. The number of rotatable bonds is 1. The zero-order valence-electron chi connectivity index (χ0n) is 7.09. The maximum atomic E-state index is 8.74. The predicted octanol–water partition coefficient (Wildman–Crippen LogP) is 2.58. The number of hydrogen-bond acceptors (Lipinski definition) is 1. The van der Waals surface area contributed by atoms with Gasteiger partial charge in [-0.25, -0.2) is 0 Å². The number of hydrogen-bond donors (Lipinski definition) is 0. The van der Waals surface area contributed by atoms with Crippen LogP contribution in [0.2, 0.25) is 0 Å². The van der Waals surface area contributed by atoms with E-state index in [1.807, 2.05) is 0 Å². The van der Waals surface area contributed by atoms with E-state index in [0.717, 1.165) is 17.8 Å². The summed E-state index contributed by atoms with van der Waals surface area (Å²) in [5.41, 5.74) is 0. The standard InChI is InChI=1S/C10H15N/c1-7(6-11)10-4-8-2-3-9(8)5-10/h7-10H,2-5H2,1H3/t7?,8-,9?,10?/m0/s1. The highest BCUT2D eigenvalue weighted by molar-refractivity contribution is 4.96. The largest absolute Gasteiger partial charge is 0.198 e. The van der Waals surface area contributed by atoms with Crippen LogP contribution in [0, 0.1) is 35.0 Å². The summed E-state index contributed by atoms with van der Waals surface area (Å²) in [6, 6.07) is 2.38. The molecule has 2 saturated carbocycles. The molecule has 2 fully saturated rings. The average Bonchev–Trinajstić information content (AvgIpc) is 2.27. The van der Waals surface area contributed by atoms with Crippen LogP contribution >= 0.6 is 0 Å². The molecule has 1 heteroatoms. The Balaban J connectivity index is 1.94. The van der Waals surface area contributed by atoms with E-state index >= 15 is 0 Å². The van der Waals surface area contributed by atoms with Crippen LogP contribution in [0.4, 0.5) is 0 Å². The highest BCUT2D eigenvalue weighted by atomic mass is 14.5. The Labute approximate surface area is 68.4 Å². The smallest absolute Gasteiger partial charge is 0.0655 e. The minimum atomic E-state index is 0.306. The van der Waals surface area contributed by atoms with Crippen molar-refractivity contribution < 1.29 is 0 Å². The van der Waals surface area contributed by atoms with Gasteiger partial charge in [-0.05, 0) is 50.4 Å². The van der Waals surface area contributed by atoms with Gasteiger partial charge >= 0.3 is 0 Å². The minimum absolute atomic E-state index is 0.306. The first kappa shape index (κ1) is 7.16. The summed E-state index contributed by atoms with van der Waals surface area (Å²) in [7, 11) is 0. The molecule has 0 radical (unpaired) electrons. The molecule has 0 bridgehead atoms. The second-order valence-corrected chi connectivity index (χ2v) is 4.25. The van der Waals surface area contributed by atoms with E-state index < -0.39 is 0 Å². The fraction of sp³-hybridized carbons (Fsp3) is 0.900. The van der Waals surface area contributed by atoms with E-state index in [-0.39, 0.29) is 0 Å². The van der Waals surface area contributed by atoms with Gasteiger partial charge in [-0.1, -0.05) is 0 Å². The van der Waals surface area contributed by atoms with Gasteiger partial charge in [0.2, 0.25) is 0 Å². The third kappa shape index (κ3) is 1.05. The summed E-state index contributed by atoms with van der Waals surface area (Å²) < 4.78 is 0. The molecule has 2 aliphatic carbocycles. The molecule has 0 aromatic heterocycles. The quantitative estimate of drug-likeness (QED) is 0.562. The summed E-state index contributed by atoms with van der Waals surface area (Å²) >= 11 is 0. The monoisotopic (exact) mass is 149 g/mol. The summed E-state index contributed by atoms with van der Waals surface area (Å²) in [6.45, 7) is 2.08. The lowest BCUT2D eigenvalue weighted by Gasteiger charge is -2.29. The molecule has 0 aromatic rings. The molecule has 4 atom stereocenters. The van der Waals surface area contributed by atoms with Gasteiger partial charge in [-0.2, -0.15) is 5.26 Å². The van der Waals surface area contributed by atoms with E-state index in [4.69, 9.17) is 5.26 Å². The molecule has 2 aliphatic rings. The van der Waals surface area contributed by atoms with E-state index in [1.54, 1.807) is 0 Å². The molecule has 0 aromatic carbocycles. The van der Waals surface area contributed by atoms with Gasteiger partial charge < -0.3 is 0 Å². The molecule has 0 saturated heterocycles. The van der Waals surface area contributed by atoms with E-state index in [2.05, 4.69) is 13.0 Å². The van der Waals surface area contributed by atoms with E-state index in [1.165, 1.54) is 25.7 Å². The van der Waals surface area contributed by atoms with Crippen molar-refractivity contribution in [2.24, 2.45) is 23.7 Å². The topological polar surface area (TPSA) is 23.8 Å². The number of nitrogens with zero attached hydrogens (tertiary/aromatic N) is 1. The Hall–Kier alpha value is -0.510. The Morgan fingerprint density at radius 1 is 1.27 bits per heavy atom. The normalized spacial score (nSPS) is 43.8. The molecule has 3 unspecified atom stereocenters. The van der Waals surface area contributed by atoms with Crippen molar-refractivity contribution in [3.05, 3.63) is 0 Å². The van der Waals surface area contributed by atoms with E-state index in [0.29, 0.717) is 5.92 Å². The van der Waals surface area contributed by atoms with Crippen LogP contribution in [-0.2, 0) is 0 Å². The van der Waals surface area contributed by atoms with Crippen LogP contribution in [0.1, 0.15) is 32.6 Å². The molecule has 0 N–H and O–H groups in total. The second-order valence-electron chi connectivity index (χ2n) is 4.25. The Morgan fingerprint density at radius 3 is 2.18 bits per heavy atom. The van der Waals surface area contributed by atoms with E-state index in [9.17, 15) is 0 Å². The van der Waals surface area contributed by atoms with Crippen molar-refractivity contribution >= 4 is 0 Å². The fourth-order valence-electron chi connectivity index (χ4n) is 2.65. The van der Waals surface area contributed by atoms with Gasteiger partial charge in [-0.3, -0.25) is 0 Å². The lowest BCUT2D eigenvalue weighted by molar-refractivity contribution is 0.219. The predicted molar refractivity (Wildman–Crippen MR) is 43.7 cm³/mol. The van der Waals surface area contributed by atoms with Crippen LogP contribution in [0.3, 0.4) is 0 Å². The van der Waals surface area contributed by atoms with Crippen molar-refractivity contribution in [3.8, 4) is 6.07 Å². The molecule has 0 aliphatic heterocycles. The summed E-state index contributed by atoms with van der Waals surface area (Å²) in [4.78, 5) is 0. The first-order chi connectivity index (χ1) is 5.31. The van der Waals surface area contributed by atoms with Crippen LogP contribution in [-0.4, -0.2) is 0 Å². The summed E-state index contributed by atoms with van der Waals surface area (Å²) in [5.74, 6) is 3.06. The van der Waals surface area contributed by atoms with Gasteiger partial charge in [0.1, 0.15) is 0 Å². The zero-order valence-corrected chi connectivity index (χ0v) is 7.09. The van der Waals surface area contributed by atoms with Crippen LogP contribution in [0.25, 0.3) is 0 Å². The van der Waals surface area contributed by atoms with Crippen molar-refractivity contribution in [2.75, 3.05) is 0 Å². The Morgan fingerprint density at radius 2 is 1.82 bits per heavy atom. The SMILES string of the molecule is CC(C#N)C1CC2CC[C@H]2C1. The van der Waals surface area contributed by atoms with Crippen LogP contribution < -0.4 is 0 Å². The van der Waals surface area contributed by atoms with Gasteiger partial charge in [0, 0.05) is 5.92 Å². The minimum Gasteiger partial charge on any atom is -0.198 e. The van der Waals surface area contributed by atoms with Crippen molar-refractivity contribution in [1.29, 1.82) is 5.26 Å². The first-order valence-electron chi connectivity index (χ1n) is 4.71. The van der Waals surface area contributed by atoms with Crippen molar-refractivity contribution in [2.45, 2.75) is 32.6 Å². The lowest BCUT2D eigenvalue weighted by atomic mass is 9.77. The van der Waals surface area contributed by atoms with Gasteiger partial charge in [0.25, 0.3) is 0 Å². The molecule has 0 spiro atoms. The Bertz CT molecular complexity index is 180. The molecule has 0 heterocycles. The third-order valence-electron chi connectivity index (χ3n) is 3.70. The number of nitriles is 1. The average molecular weight is 149 g/mol. The van der Waals surface area contributed by atoms with Gasteiger partial charge in [-0.15, -0.1) is 0 Å². The number of fused-ring (bicyclic) bond motifs is 1. The Kier molecular flexibility index (Phi) is 1.64. The van der Waals surface area contributed by atoms with Crippen molar-refractivity contribution in [3.63, 3.8) is 0 Å². The molecule has 60 valence electrons. The molecule has 0 amide bonds. The van der Waals surface area contributed by atoms with Crippen molar-refractivity contribution in [1.82, 2.24) is 0 Å². The molecular weight excluding hydrogens is 134 g/mol. The maximum absolute atomic E-state index is 8.74. The van der Waals surface area contributed by atoms with Crippen LogP contribution in [0.5, 0.6) is 0 Å². The lowest BCUT2D eigenvalue weighted by Crippen LogP contribution is -2.18. The fourth-order valence-corrected chi connectivity index (χ4v) is 2.65. The first-order valence-corrected chi connectivity index (χ1v) is 4.71. The third-order valence-corrected chi connectivity index (χ3v) is 3.70. The summed E-state index contributed by atoms with van der Waals surface area (Å²) in [5, 5.41) is 8.74.